The van der Waals surface area contributed by atoms with Crippen LogP contribution in [0.15, 0.2) is 16.8 Å². The normalized spacial score (nSPS) is 10.4. The summed E-state index contributed by atoms with van der Waals surface area (Å²) in [5.41, 5.74) is 7.03. The number of aryl methyl sites for hydroxylation is 1. The molecule has 0 aliphatic carbocycles. The van der Waals surface area contributed by atoms with E-state index in [1.54, 1.807) is 12.4 Å². The van der Waals surface area contributed by atoms with Crippen LogP contribution in [0, 0.1) is 6.92 Å². The molecule has 7 heteroatoms. The summed E-state index contributed by atoms with van der Waals surface area (Å²) >= 11 is 0. The van der Waals surface area contributed by atoms with Gasteiger partial charge in [0.05, 0.1) is 30.7 Å². The molecular weight excluding hydrogens is 208 g/mol. The fourth-order valence-corrected chi connectivity index (χ4v) is 1.08. The van der Waals surface area contributed by atoms with Crippen molar-refractivity contribution in [1.29, 1.82) is 0 Å². The number of rotatable bonds is 4. The van der Waals surface area contributed by atoms with E-state index in [1.807, 2.05) is 6.92 Å². The Kier molecular flexibility index (Phi) is 3.06. The van der Waals surface area contributed by atoms with E-state index in [0.29, 0.717) is 18.5 Å². The van der Waals surface area contributed by atoms with Gasteiger partial charge in [0.15, 0.2) is 0 Å². The van der Waals surface area contributed by atoms with Crippen LogP contribution in [0.2, 0.25) is 0 Å². The van der Waals surface area contributed by atoms with Crippen LogP contribution in [0.1, 0.15) is 17.3 Å². The maximum Gasteiger partial charge on any atom is 0.315 e. The van der Waals surface area contributed by atoms with E-state index in [-0.39, 0.29) is 6.54 Å². The van der Waals surface area contributed by atoms with Crippen LogP contribution < -0.4 is 11.1 Å². The van der Waals surface area contributed by atoms with E-state index in [0.717, 1.165) is 11.4 Å². The smallest absolute Gasteiger partial charge is 0.315 e. The first-order valence-electron chi connectivity index (χ1n) is 4.82. The Labute approximate surface area is 92.1 Å². The SMILES string of the molecule is Cc1cnc(CNc2nnc(CN)o2)cn1. The van der Waals surface area contributed by atoms with Crippen LogP contribution in [0.25, 0.3) is 0 Å². The number of nitrogens with zero attached hydrogens (tertiary/aromatic N) is 4. The summed E-state index contributed by atoms with van der Waals surface area (Å²) in [5, 5.41) is 10.4. The summed E-state index contributed by atoms with van der Waals surface area (Å²) in [4.78, 5) is 8.30. The Morgan fingerprint density at radius 2 is 2.19 bits per heavy atom. The van der Waals surface area contributed by atoms with Gasteiger partial charge in [-0.05, 0) is 6.92 Å². The lowest BCUT2D eigenvalue weighted by atomic mass is 10.4. The van der Waals surface area contributed by atoms with E-state index in [4.69, 9.17) is 10.2 Å². The first kappa shape index (κ1) is 10.5. The van der Waals surface area contributed by atoms with E-state index in [2.05, 4.69) is 25.5 Å². The zero-order valence-corrected chi connectivity index (χ0v) is 8.84. The molecule has 16 heavy (non-hydrogen) atoms. The largest absolute Gasteiger partial charge is 0.407 e. The van der Waals surface area contributed by atoms with Crippen LogP contribution in [0.5, 0.6) is 0 Å². The summed E-state index contributed by atoms with van der Waals surface area (Å²) < 4.78 is 5.17. The molecule has 0 saturated carbocycles. The van der Waals surface area contributed by atoms with E-state index in [9.17, 15) is 0 Å². The number of nitrogens with two attached hydrogens (primary N) is 1. The van der Waals surface area contributed by atoms with Crippen LogP contribution in [-0.2, 0) is 13.1 Å². The van der Waals surface area contributed by atoms with Crippen molar-refractivity contribution >= 4 is 6.01 Å². The molecule has 0 saturated heterocycles. The van der Waals surface area contributed by atoms with Crippen LogP contribution in [-0.4, -0.2) is 20.2 Å². The number of hydrogen-bond acceptors (Lipinski definition) is 7. The monoisotopic (exact) mass is 220 g/mol. The predicted molar refractivity (Wildman–Crippen MR) is 56.3 cm³/mol. The van der Waals surface area contributed by atoms with E-state index < -0.39 is 0 Å². The van der Waals surface area contributed by atoms with Gasteiger partial charge in [-0.25, -0.2) is 0 Å². The molecule has 0 amide bonds. The third-order valence-corrected chi connectivity index (χ3v) is 1.90. The highest BCUT2D eigenvalue weighted by Gasteiger charge is 2.03. The maximum atomic E-state index is 5.34. The van der Waals surface area contributed by atoms with Gasteiger partial charge in [-0.1, -0.05) is 5.10 Å². The molecule has 0 aliphatic rings. The van der Waals surface area contributed by atoms with Crippen LogP contribution >= 0.6 is 0 Å². The summed E-state index contributed by atoms with van der Waals surface area (Å²) in [6.45, 7) is 2.61. The van der Waals surface area contributed by atoms with Gasteiger partial charge < -0.3 is 15.5 Å². The minimum Gasteiger partial charge on any atom is -0.407 e. The fraction of sp³-hybridized carbons (Fsp3) is 0.333. The summed E-state index contributed by atoms with van der Waals surface area (Å²) in [6, 6.07) is 0.336. The minimum absolute atomic E-state index is 0.235. The standard InChI is InChI=1S/C9H12N6O/c1-6-3-12-7(4-11-6)5-13-9-15-14-8(2-10)16-9/h3-4H,2,5,10H2,1H3,(H,13,15). The molecule has 0 radical (unpaired) electrons. The van der Waals surface area contributed by atoms with Gasteiger partial charge in [-0.3, -0.25) is 9.97 Å². The van der Waals surface area contributed by atoms with Crippen molar-refractivity contribution in [3.63, 3.8) is 0 Å². The first-order valence-corrected chi connectivity index (χ1v) is 4.82. The zero-order valence-electron chi connectivity index (χ0n) is 8.84. The lowest BCUT2D eigenvalue weighted by molar-refractivity contribution is 0.507. The van der Waals surface area contributed by atoms with Gasteiger partial charge in [0.2, 0.25) is 5.89 Å². The highest BCUT2D eigenvalue weighted by Crippen LogP contribution is 2.05. The van der Waals surface area contributed by atoms with Crippen molar-refractivity contribution < 1.29 is 4.42 Å². The lowest BCUT2D eigenvalue weighted by Crippen LogP contribution is -2.02. The molecule has 7 nitrogen and oxygen atoms in total. The van der Waals surface area contributed by atoms with Crippen LogP contribution in [0.3, 0.4) is 0 Å². The van der Waals surface area contributed by atoms with Gasteiger partial charge in [-0.2, -0.15) is 0 Å². The van der Waals surface area contributed by atoms with Crippen molar-refractivity contribution in [3.05, 3.63) is 29.7 Å². The van der Waals surface area contributed by atoms with Gasteiger partial charge in [0, 0.05) is 6.20 Å². The lowest BCUT2D eigenvalue weighted by Gasteiger charge is -2.00. The molecule has 0 spiro atoms. The molecule has 0 unspecified atom stereocenters. The molecule has 0 atom stereocenters. The Morgan fingerprint density at radius 1 is 1.31 bits per heavy atom. The molecule has 0 aromatic carbocycles. The molecule has 0 aliphatic heterocycles. The Bertz CT molecular complexity index is 451. The Hall–Kier alpha value is -2.02. The highest BCUT2D eigenvalue weighted by atomic mass is 16.4. The number of aromatic nitrogens is 4. The van der Waals surface area contributed by atoms with Gasteiger partial charge in [-0.15, -0.1) is 5.10 Å². The molecule has 0 bridgehead atoms. The zero-order chi connectivity index (χ0) is 11.4. The van der Waals surface area contributed by atoms with Gasteiger partial charge in [0.25, 0.3) is 0 Å². The van der Waals surface area contributed by atoms with Gasteiger partial charge >= 0.3 is 6.01 Å². The van der Waals surface area contributed by atoms with Gasteiger partial charge in [0.1, 0.15) is 0 Å². The molecule has 2 heterocycles. The highest BCUT2D eigenvalue weighted by molar-refractivity contribution is 5.18. The van der Waals surface area contributed by atoms with Crippen molar-refractivity contribution in [3.8, 4) is 0 Å². The summed E-state index contributed by atoms with van der Waals surface area (Å²) in [5.74, 6) is 0.400. The average molecular weight is 220 g/mol. The van der Waals surface area contributed by atoms with E-state index in [1.165, 1.54) is 0 Å². The Morgan fingerprint density at radius 3 is 2.81 bits per heavy atom. The number of anilines is 1. The molecule has 2 aromatic rings. The second kappa shape index (κ2) is 4.67. The third kappa shape index (κ3) is 2.51. The fourth-order valence-electron chi connectivity index (χ4n) is 1.08. The second-order valence-corrected chi connectivity index (χ2v) is 3.21. The topological polar surface area (TPSA) is 103 Å². The molecule has 0 fully saturated rings. The molecule has 3 N–H and O–H groups in total. The minimum atomic E-state index is 0.235. The Balaban J connectivity index is 1.94. The molecule has 2 rings (SSSR count). The molecule has 2 aromatic heterocycles. The van der Waals surface area contributed by atoms with Crippen molar-refractivity contribution in [2.45, 2.75) is 20.0 Å². The second-order valence-electron chi connectivity index (χ2n) is 3.21. The predicted octanol–water partition coefficient (Wildman–Crippen LogP) is 0.239. The third-order valence-electron chi connectivity index (χ3n) is 1.90. The first-order chi connectivity index (χ1) is 7.78. The van der Waals surface area contributed by atoms with Crippen molar-refractivity contribution in [1.82, 2.24) is 20.2 Å². The molecule has 84 valence electrons. The number of hydrogen-bond donors (Lipinski definition) is 2. The quantitative estimate of drug-likeness (QED) is 0.760. The molecular formula is C9H12N6O. The average Bonchev–Trinajstić information content (AvgIpc) is 2.76. The summed E-state index contributed by atoms with van der Waals surface area (Å²) in [6.07, 6.45) is 3.40. The van der Waals surface area contributed by atoms with Crippen molar-refractivity contribution in [2.75, 3.05) is 5.32 Å². The maximum absolute atomic E-state index is 5.34. The van der Waals surface area contributed by atoms with E-state index >= 15 is 0 Å². The van der Waals surface area contributed by atoms with Crippen LogP contribution in [0.4, 0.5) is 6.01 Å². The van der Waals surface area contributed by atoms with Crippen molar-refractivity contribution in [2.24, 2.45) is 5.73 Å². The number of nitrogens with one attached hydrogen (secondary N) is 1. The summed E-state index contributed by atoms with van der Waals surface area (Å²) in [7, 11) is 0.